The van der Waals surface area contributed by atoms with Crippen molar-refractivity contribution in [3.05, 3.63) is 34.4 Å². The van der Waals surface area contributed by atoms with Gasteiger partial charge in [0.15, 0.2) is 0 Å². The third-order valence-corrected chi connectivity index (χ3v) is 3.08. The van der Waals surface area contributed by atoms with Crippen molar-refractivity contribution in [2.75, 3.05) is 13.7 Å². The molecule has 0 bridgehead atoms. The molecule has 0 aliphatic carbocycles. The molecule has 1 aromatic heterocycles. The fourth-order valence-electron chi connectivity index (χ4n) is 1.82. The molecule has 90 valence electrons. The van der Waals surface area contributed by atoms with E-state index < -0.39 is 5.97 Å². The number of aromatic carboxylic acids is 1. The van der Waals surface area contributed by atoms with Crippen molar-refractivity contribution in [1.29, 1.82) is 0 Å². The second-order valence-electron chi connectivity index (χ2n) is 3.69. The molecule has 5 heteroatoms. The molecule has 0 saturated heterocycles. The Morgan fingerprint density at radius 3 is 2.94 bits per heavy atom. The molecule has 0 unspecified atom stereocenters. The third-order valence-electron chi connectivity index (χ3n) is 2.62. The molecule has 0 saturated carbocycles. The summed E-state index contributed by atoms with van der Waals surface area (Å²) in [6.45, 7) is 1.30. The number of fused-ring (bicyclic) bond motifs is 1. The smallest absolute Gasteiger partial charge is 0.336 e. The number of carbonyl (C=O) groups is 1. The van der Waals surface area contributed by atoms with Crippen LogP contribution in [0.3, 0.4) is 0 Å². The molecule has 0 amide bonds. The average Bonchev–Trinajstić information content (AvgIpc) is 2.68. The molecule has 2 aromatic rings. The summed E-state index contributed by atoms with van der Waals surface area (Å²) < 4.78 is 7.77. The fourth-order valence-corrected chi connectivity index (χ4v) is 2.27. The van der Waals surface area contributed by atoms with E-state index in [9.17, 15) is 4.79 Å². The number of halogens is 1. The van der Waals surface area contributed by atoms with Crippen LogP contribution >= 0.6 is 15.9 Å². The molecule has 1 heterocycles. The van der Waals surface area contributed by atoms with Crippen molar-refractivity contribution in [1.82, 2.24) is 4.57 Å². The van der Waals surface area contributed by atoms with Gasteiger partial charge in [-0.3, -0.25) is 0 Å². The molecule has 0 atom stereocenters. The number of methoxy groups -OCH3 is 1. The molecule has 0 radical (unpaired) electrons. The van der Waals surface area contributed by atoms with Gasteiger partial charge in [0.25, 0.3) is 0 Å². The molecule has 1 aromatic carbocycles. The maximum absolute atomic E-state index is 11.1. The lowest BCUT2D eigenvalue weighted by molar-refractivity contribution is 0.0699. The minimum Gasteiger partial charge on any atom is -0.478 e. The lowest BCUT2D eigenvalue weighted by Gasteiger charge is -2.06. The Morgan fingerprint density at radius 2 is 2.29 bits per heavy atom. The maximum Gasteiger partial charge on any atom is 0.336 e. The summed E-state index contributed by atoms with van der Waals surface area (Å²) >= 11 is 3.33. The number of rotatable bonds is 4. The Hall–Kier alpha value is -1.33. The molecule has 1 N–H and O–H groups in total. The largest absolute Gasteiger partial charge is 0.478 e. The highest BCUT2D eigenvalue weighted by Crippen LogP contribution is 2.25. The molecule has 2 rings (SSSR count). The van der Waals surface area contributed by atoms with Crippen LogP contribution in [0.2, 0.25) is 0 Å². The SMILES string of the molecule is COCCn1ccc2c(C(=O)O)cc(Br)cc21. The Balaban J connectivity index is 2.56. The van der Waals surface area contributed by atoms with Gasteiger partial charge in [-0.15, -0.1) is 0 Å². The topological polar surface area (TPSA) is 51.5 Å². The minimum atomic E-state index is -0.916. The van der Waals surface area contributed by atoms with E-state index in [1.165, 1.54) is 0 Å². The average molecular weight is 298 g/mol. The Kier molecular flexibility index (Phi) is 3.49. The summed E-state index contributed by atoms with van der Waals surface area (Å²) in [6, 6.07) is 5.35. The molecule has 0 fully saturated rings. The predicted molar refractivity (Wildman–Crippen MR) is 68.5 cm³/mol. The first-order valence-electron chi connectivity index (χ1n) is 5.14. The van der Waals surface area contributed by atoms with Gasteiger partial charge >= 0.3 is 5.97 Å². The number of aromatic nitrogens is 1. The Morgan fingerprint density at radius 1 is 1.53 bits per heavy atom. The summed E-state index contributed by atoms with van der Waals surface area (Å²) in [6.07, 6.45) is 1.88. The molecule has 17 heavy (non-hydrogen) atoms. The summed E-state index contributed by atoms with van der Waals surface area (Å²) in [7, 11) is 1.64. The van der Waals surface area contributed by atoms with E-state index in [0.717, 1.165) is 15.4 Å². The fraction of sp³-hybridized carbons (Fsp3) is 0.250. The number of carboxylic acids is 1. The summed E-state index contributed by atoms with van der Waals surface area (Å²) in [5, 5.41) is 9.88. The van der Waals surface area contributed by atoms with Crippen LogP contribution in [0.25, 0.3) is 10.9 Å². The first-order valence-corrected chi connectivity index (χ1v) is 5.93. The van der Waals surface area contributed by atoms with Crippen LogP contribution in [0, 0.1) is 0 Å². The first-order chi connectivity index (χ1) is 8.13. The Labute approximate surface area is 107 Å². The summed E-state index contributed by atoms with van der Waals surface area (Å²) in [5.74, 6) is -0.916. The highest BCUT2D eigenvalue weighted by molar-refractivity contribution is 9.10. The van der Waals surface area contributed by atoms with Gasteiger partial charge in [0.2, 0.25) is 0 Å². The highest BCUT2D eigenvalue weighted by atomic mass is 79.9. The summed E-state index contributed by atoms with van der Waals surface area (Å²) in [5.41, 5.74) is 1.21. The lowest BCUT2D eigenvalue weighted by atomic mass is 10.1. The van der Waals surface area contributed by atoms with Crippen molar-refractivity contribution < 1.29 is 14.6 Å². The van der Waals surface area contributed by atoms with Crippen molar-refractivity contribution in [2.24, 2.45) is 0 Å². The predicted octanol–water partition coefficient (Wildman–Crippen LogP) is 2.75. The van der Waals surface area contributed by atoms with Gasteiger partial charge in [-0.1, -0.05) is 15.9 Å². The second kappa shape index (κ2) is 4.89. The van der Waals surface area contributed by atoms with E-state index in [4.69, 9.17) is 9.84 Å². The van der Waals surface area contributed by atoms with E-state index in [2.05, 4.69) is 15.9 Å². The standard InChI is InChI=1S/C12H12BrNO3/c1-17-5-4-14-3-2-9-10(12(15)16)6-8(13)7-11(9)14/h2-3,6-7H,4-5H2,1H3,(H,15,16). The Bertz CT molecular complexity index is 562. The van der Waals surface area contributed by atoms with Gasteiger partial charge in [0.1, 0.15) is 0 Å². The van der Waals surface area contributed by atoms with Gasteiger partial charge in [-0.05, 0) is 18.2 Å². The lowest BCUT2D eigenvalue weighted by Crippen LogP contribution is -2.03. The van der Waals surface area contributed by atoms with Crippen LogP contribution in [0.4, 0.5) is 0 Å². The van der Waals surface area contributed by atoms with Crippen LogP contribution < -0.4 is 0 Å². The van der Waals surface area contributed by atoms with E-state index in [1.54, 1.807) is 13.2 Å². The van der Waals surface area contributed by atoms with Crippen LogP contribution in [-0.4, -0.2) is 29.4 Å². The molecular weight excluding hydrogens is 286 g/mol. The van der Waals surface area contributed by atoms with Gasteiger partial charge in [-0.25, -0.2) is 4.79 Å². The molecular formula is C12H12BrNO3. The minimum absolute atomic E-state index is 0.311. The third kappa shape index (κ3) is 2.35. The number of carboxylic acid groups (broad SMARTS) is 1. The number of nitrogens with zero attached hydrogens (tertiary/aromatic N) is 1. The highest BCUT2D eigenvalue weighted by Gasteiger charge is 2.12. The van der Waals surface area contributed by atoms with Crippen LogP contribution in [0.5, 0.6) is 0 Å². The van der Waals surface area contributed by atoms with Gasteiger partial charge in [-0.2, -0.15) is 0 Å². The zero-order valence-electron chi connectivity index (χ0n) is 9.31. The number of hydrogen-bond acceptors (Lipinski definition) is 2. The van der Waals surface area contributed by atoms with Gasteiger partial charge in [0, 0.05) is 29.7 Å². The molecule has 0 spiro atoms. The molecule has 4 nitrogen and oxygen atoms in total. The quantitative estimate of drug-likeness (QED) is 0.944. The zero-order chi connectivity index (χ0) is 12.4. The van der Waals surface area contributed by atoms with E-state index in [-0.39, 0.29) is 0 Å². The first kappa shape index (κ1) is 12.1. The maximum atomic E-state index is 11.1. The van der Waals surface area contributed by atoms with Crippen molar-refractivity contribution in [3.8, 4) is 0 Å². The van der Waals surface area contributed by atoms with Crippen molar-refractivity contribution in [3.63, 3.8) is 0 Å². The summed E-state index contributed by atoms with van der Waals surface area (Å²) in [4.78, 5) is 11.1. The number of benzene rings is 1. The zero-order valence-corrected chi connectivity index (χ0v) is 10.9. The van der Waals surface area contributed by atoms with Crippen LogP contribution in [0.15, 0.2) is 28.9 Å². The van der Waals surface area contributed by atoms with Crippen LogP contribution in [0.1, 0.15) is 10.4 Å². The normalized spacial score (nSPS) is 10.9. The van der Waals surface area contributed by atoms with Crippen molar-refractivity contribution >= 4 is 32.8 Å². The second-order valence-corrected chi connectivity index (χ2v) is 4.61. The van der Waals surface area contributed by atoms with E-state index in [0.29, 0.717) is 18.7 Å². The van der Waals surface area contributed by atoms with Gasteiger partial charge < -0.3 is 14.4 Å². The number of hydrogen-bond donors (Lipinski definition) is 1. The van der Waals surface area contributed by atoms with Crippen molar-refractivity contribution in [2.45, 2.75) is 6.54 Å². The van der Waals surface area contributed by atoms with E-state index >= 15 is 0 Å². The molecule has 0 aliphatic heterocycles. The number of ether oxygens (including phenoxy) is 1. The van der Waals surface area contributed by atoms with Gasteiger partial charge in [0.05, 0.1) is 17.7 Å². The van der Waals surface area contributed by atoms with Crippen LogP contribution in [-0.2, 0) is 11.3 Å². The molecule has 0 aliphatic rings. The van der Waals surface area contributed by atoms with E-state index in [1.807, 2.05) is 22.9 Å². The monoisotopic (exact) mass is 297 g/mol.